The molecule has 0 spiro atoms. The second-order valence-corrected chi connectivity index (χ2v) is 5.89. The third kappa shape index (κ3) is 3.57. The number of para-hydroxylation sites is 1. The molecular formula is C18H19BrN2S. The molecule has 0 aliphatic heterocycles. The first kappa shape index (κ1) is 16.7. The van der Waals surface area contributed by atoms with Crippen LogP contribution in [0.25, 0.3) is 11.3 Å². The molecule has 22 heavy (non-hydrogen) atoms. The van der Waals surface area contributed by atoms with E-state index in [4.69, 9.17) is 0 Å². The van der Waals surface area contributed by atoms with E-state index in [9.17, 15) is 0 Å². The molecule has 0 saturated heterocycles. The number of rotatable bonds is 4. The summed E-state index contributed by atoms with van der Waals surface area (Å²) in [5.41, 5.74) is 4.94. The van der Waals surface area contributed by atoms with Gasteiger partial charge < -0.3 is 17.0 Å². The van der Waals surface area contributed by atoms with Crippen LogP contribution in [0.1, 0.15) is 12.5 Å². The summed E-state index contributed by atoms with van der Waals surface area (Å²) in [6.45, 7) is 5.25. The van der Waals surface area contributed by atoms with Crippen molar-refractivity contribution in [1.82, 2.24) is 0 Å². The summed E-state index contributed by atoms with van der Waals surface area (Å²) in [5.74, 6) is 0. The van der Waals surface area contributed by atoms with Gasteiger partial charge in [-0.25, -0.2) is 9.88 Å². The van der Waals surface area contributed by atoms with Gasteiger partial charge in [0.15, 0.2) is 0 Å². The van der Waals surface area contributed by atoms with Crippen LogP contribution in [0.5, 0.6) is 0 Å². The Morgan fingerprint density at radius 2 is 1.68 bits per heavy atom. The van der Waals surface area contributed by atoms with E-state index in [-0.39, 0.29) is 17.0 Å². The zero-order valence-electron chi connectivity index (χ0n) is 12.7. The molecule has 0 radical (unpaired) electrons. The third-order valence-corrected chi connectivity index (χ3v) is 4.39. The van der Waals surface area contributed by atoms with E-state index in [1.807, 2.05) is 18.2 Å². The zero-order chi connectivity index (χ0) is 14.7. The van der Waals surface area contributed by atoms with E-state index in [1.54, 1.807) is 11.3 Å². The Hall–Kier alpha value is -1.65. The largest absolute Gasteiger partial charge is 1.00 e. The maximum absolute atomic E-state index is 3.51. The van der Waals surface area contributed by atoms with E-state index in [0.717, 1.165) is 12.2 Å². The fraction of sp³-hybridized carbons (Fsp3) is 0.167. The minimum absolute atomic E-state index is 0. The molecule has 2 nitrogen and oxygen atoms in total. The average Bonchev–Trinajstić information content (AvgIpc) is 2.92. The van der Waals surface area contributed by atoms with Crippen LogP contribution in [0.2, 0.25) is 0 Å². The summed E-state index contributed by atoms with van der Waals surface area (Å²) in [4.78, 5) is 0. The lowest BCUT2D eigenvalue weighted by molar-refractivity contribution is -0.664. The first-order valence-electron chi connectivity index (χ1n) is 7.18. The van der Waals surface area contributed by atoms with Gasteiger partial charge in [0.05, 0.1) is 6.54 Å². The Bertz CT molecular complexity index is 721. The number of anilines is 2. The SMILES string of the molecule is CC[n+]1c(-c2ccc(C)cc2)csc1Nc1ccccc1.[Br-]. The standard InChI is InChI=1S/C18H18N2S.BrH/c1-3-20-17(15-11-9-14(2)10-12-15)13-21-18(20)19-16-7-5-4-6-8-16;/h4-13H,3H2,1-2H3;1H. The monoisotopic (exact) mass is 374 g/mol. The maximum Gasteiger partial charge on any atom is 0.339 e. The molecular weight excluding hydrogens is 356 g/mol. The molecule has 1 N–H and O–H groups in total. The van der Waals surface area contributed by atoms with Gasteiger partial charge in [0, 0.05) is 10.9 Å². The summed E-state index contributed by atoms with van der Waals surface area (Å²) in [6, 6.07) is 19.0. The topological polar surface area (TPSA) is 15.9 Å². The van der Waals surface area contributed by atoms with Gasteiger partial charge in [-0.15, -0.1) is 0 Å². The summed E-state index contributed by atoms with van der Waals surface area (Å²) in [5, 5.41) is 6.89. The van der Waals surface area contributed by atoms with Gasteiger partial charge in [-0.2, -0.15) is 0 Å². The smallest absolute Gasteiger partial charge is 0.339 e. The van der Waals surface area contributed by atoms with Crippen LogP contribution in [-0.4, -0.2) is 0 Å². The highest BCUT2D eigenvalue weighted by molar-refractivity contribution is 7.13. The fourth-order valence-corrected chi connectivity index (χ4v) is 3.37. The highest BCUT2D eigenvalue weighted by Gasteiger charge is 2.17. The van der Waals surface area contributed by atoms with Gasteiger partial charge in [-0.05, 0) is 26.0 Å². The molecule has 0 amide bonds. The van der Waals surface area contributed by atoms with E-state index in [0.29, 0.717) is 0 Å². The number of aryl methyl sites for hydroxylation is 1. The van der Waals surface area contributed by atoms with Crippen LogP contribution >= 0.6 is 11.3 Å². The van der Waals surface area contributed by atoms with Gasteiger partial charge in [0.25, 0.3) is 0 Å². The minimum Gasteiger partial charge on any atom is -1.00 e. The van der Waals surface area contributed by atoms with E-state index in [1.165, 1.54) is 22.0 Å². The van der Waals surface area contributed by atoms with Gasteiger partial charge in [-0.1, -0.05) is 59.4 Å². The second kappa shape index (κ2) is 7.56. The van der Waals surface area contributed by atoms with Crippen molar-refractivity contribution in [3.8, 4) is 11.3 Å². The van der Waals surface area contributed by atoms with Gasteiger partial charge in [0.1, 0.15) is 11.4 Å². The predicted molar refractivity (Wildman–Crippen MR) is 90.1 cm³/mol. The van der Waals surface area contributed by atoms with Crippen LogP contribution in [-0.2, 0) is 6.54 Å². The van der Waals surface area contributed by atoms with Crippen LogP contribution in [0, 0.1) is 6.92 Å². The van der Waals surface area contributed by atoms with Crippen molar-refractivity contribution < 1.29 is 21.5 Å². The summed E-state index contributed by atoms with van der Waals surface area (Å²) in [7, 11) is 0. The highest BCUT2D eigenvalue weighted by Crippen LogP contribution is 2.25. The van der Waals surface area contributed by atoms with Crippen molar-refractivity contribution in [2.45, 2.75) is 20.4 Å². The van der Waals surface area contributed by atoms with E-state index < -0.39 is 0 Å². The highest BCUT2D eigenvalue weighted by atomic mass is 79.9. The lowest BCUT2D eigenvalue weighted by Crippen LogP contribution is -3.00. The van der Waals surface area contributed by atoms with Crippen LogP contribution in [0.15, 0.2) is 60.0 Å². The molecule has 4 heteroatoms. The Morgan fingerprint density at radius 3 is 2.32 bits per heavy atom. The van der Waals surface area contributed by atoms with Gasteiger partial charge in [-0.3, -0.25) is 0 Å². The number of hydrogen-bond donors (Lipinski definition) is 1. The van der Waals surface area contributed by atoms with Crippen LogP contribution in [0.4, 0.5) is 10.8 Å². The molecule has 3 rings (SSSR count). The molecule has 0 bridgehead atoms. The van der Waals surface area contributed by atoms with E-state index >= 15 is 0 Å². The summed E-state index contributed by atoms with van der Waals surface area (Å²) in [6.07, 6.45) is 0. The van der Waals surface area contributed by atoms with Crippen molar-refractivity contribution in [1.29, 1.82) is 0 Å². The van der Waals surface area contributed by atoms with Crippen LogP contribution in [0.3, 0.4) is 0 Å². The summed E-state index contributed by atoms with van der Waals surface area (Å²) >= 11 is 1.75. The Labute approximate surface area is 146 Å². The number of nitrogens with one attached hydrogen (secondary N) is 1. The second-order valence-electron chi connectivity index (χ2n) is 5.03. The molecule has 0 aliphatic carbocycles. The lowest BCUT2D eigenvalue weighted by atomic mass is 10.1. The average molecular weight is 375 g/mol. The lowest BCUT2D eigenvalue weighted by Gasteiger charge is -2.04. The maximum atomic E-state index is 3.51. The first-order chi connectivity index (χ1) is 10.3. The third-order valence-electron chi connectivity index (χ3n) is 3.51. The molecule has 2 aromatic carbocycles. The predicted octanol–water partition coefficient (Wildman–Crippen LogP) is 1.78. The number of halogens is 1. The quantitative estimate of drug-likeness (QED) is 0.688. The van der Waals surface area contributed by atoms with E-state index in [2.05, 4.69) is 65.5 Å². The van der Waals surface area contributed by atoms with Crippen molar-refractivity contribution in [2.24, 2.45) is 0 Å². The molecule has 0 atom stereocenters. The van der Waals surface area contributed by atoms with Crippen LogP contribution < -0.4 is 26.9 Å². The molecule has 0 fully saturated rings. The van der Waals surface area contributed by atoms with Gasteiger partial charge in [0.2, 0.25) is 0 Å². The summed E-state index contributed by atoms with van der Waals surface area (Å²) < 4.78 is 2.32. The Kier molecular flexibility index (Phi) is 5.75. The number of benzene rings is 2. The molecule has 0 aliphatic rings. The number of hydrogen-bond acceptors (Lipinski definition) is 2. The number of aromatic nitrogens is 1. The first-order valence-corrected chi connectivity index (χ1v) is 8.06. The fourth-order valence-electron chi connectivity index (χ4n) is 2.35. The van der Waals surface area contributed by atoms with Gasteiger partial charge >= 0.3 is 5.13 Å². The Morgan fingerprint density at radius 1 is 1.00 bits per heavy atom. The van der Waals surface area contributed by atoms with Crippen molar-refractivity contribution in [3.05, 3.63) is 65.5 Å². The molecule has 114 valence electrons. The Balaban J connectivity index is 0.00000176. The molecule has 1 heterocycles. The number of nitrogens with zero attached hydrogens (tertiary/aromatic N) is 1. The van der Waals surface area contributed by atoms with Crippen molar-refractivity contribution in [2.75, 3.05) is 5.32 Å². The van der Waals surface area contributed by atoms with Crippen molar-refractivity contribution >= 4 is 22.2 Å². The molecule has 1 aromatic heterocycles. The molecule has 3 aromatic rings. The number of thiazole rings is 1. The van der Waals surface area contributed by atoms with Crippen molar-refractivity contribution in [3.63, 3.8) is 0 Å². The normalized spacial score (nSPS) is 10.1. The minimum atomic E-state index is 0. The molecule has 0 unspecified atom stereocenters. The zero-order valence-corrected chi connectivity index (χ0v) is 15.1. The molecule has 0 saturated carbocycles.